The summed E-state index contributed by atoms with van der Waals surface area (Å²) in [6.45, 7) is 3.49. The quantitative estimate of drug-likeness (QED) is 0.715. The van der Waals surface area contributed by atoms with Gasteiger partial charge in [0.2, 0.25) is 5.91 Å². The molecule has 134 valence electrons. The summed E-state index contributed by atoms with van der Waals surface area (Å²) in [5.74, 6) is 0.00304. The Hall–Kier alpha value is -1.47. The van der Waals surface area contributed by atoms with E-state index in [1.54, 1.807) is 23.1 Å². The third-order valence-electron chi connectivity index (χ3n) is 4.35. The van der Waals surface area contributed by atoms with E-state index in [0.29, 0.717) is 44.5 Å². The van der Waals surface area contributed by atoms with Gasteiger partial charge < -0.3 is 10.2 Å². The predicted molar refractivity (Wildman–Crippen MR) is 92.0 cm³/mol. The SMILES string of the molecule is CCN(C(=O)CCNCCc1ccccc1F)C1CCS(=O)(=O)C1. The Labute approximate surface area is 143 Å². The highest BCUT2D eigenvalue weighted by atomic mass is 32.2. The van der Waals surface area contributed by atoms with Crippen LogP contribution in [0.5, 0.6) is 0 Å². The zero-order valence-electron chi connectivity index (χ0n) is 14.0. The van der Waals surface area contributed by atoms with Crippen LogP contribution in [0.2, 0.25) is 0 Å². The van der Waals surface area contributed by atoms with Crippen LogP contribution >= 0.6 is 0 Å². The van der Waals surface area contributed by atoms with Crippen molar-refractivity contribution in [3.05, 3.63) is 35.6 Å². The van der Waals surface area contributed by atoms with Gasteiger partial charge in [-0.25, -0.2) is 12.8 Å². The summed E-state index contributed by atoms with van der Waals surface area (Å²) in [7, 11) is -2.99. The van der Waals surface area contributed by atoms with E-state index in [9.17, 15) is 17.6 Å². The standard InChI is InChI=1S/C17H25FN2O3S/c1-2-20(15-9-12-24(22,23)13-15)17(21)8-11-19-10-7-14-5-3-4-6-16(14)18/h3-6,15,19H,2,7-13H2,1H3. The van der Waals surface area contributed by atoms with Crippen LogP contribution in [0.4, 0.5) is 4.39 Å². The normalized spacial score (nSPS) is 19.3. The first kappa shape index (κ1) is 18.9. The first-order valence-corrected chi connectivity index (χ1v) is 10.2. The molecule has 1 N–H and O–H groups in total. The number of sulfone groups is 1. The molecule has 1 atom stereocenters. The van der Waals surface area contributed by atoms with Gasteiger partial charge in [0.25, 0.3) is 0 Å². The highest BCUT2D eigenvalue weighted by molar-refractivity contribution is 7.91. The Morgan fingerprint density at radius 3 is 2.71 bits per heavy atom. The van der Waals surface area contributed by atoms with E-state index in [1.165, 1.54) is 6.07 Å². The van der Waals surface area contributed by atoms with E-state index < -0.39 is 9.84 Å². The topological polar surface area (TPSA) is 66.5 Å². The molecular weight excluding hydrogens is 331 g/mol. The van der Waals surface area contributed by atoms with Crippen LogP contribution in [0.25, 0.3) is 0 Å². The van der Waals surface area contributed by atoms with E-state index in [-0.39, 0.29) is 29.3 Å². The Morgan fingerprint density at radius 2 is 2.08 bits per heavy atom. The molecule has 5 nitrogen and oxygen atoms in total. The molecule has 0 bridgehead atoms. The number of benzene rings is 1. The molecule has 1 saturated heterocycles. The molecule has 24 heavy (non-hydrogen) atoms. The van der Waals surface area contributed by atoms with Crippen LogP contribution in [0, 0.1) is 5.82 Å². The minimum Gasteiger partial charge on any atom is -0.339 e. The highest BCUT2D eigenvalue weighted by Gasteiger charge is 2.33. The molecule has 1 heterocycles. The average molecular weight is 356 g/mol. The molecular formula is C17H25FN2O3S. The van der Waals surface area contributed by atoms with Crippen molar-refractivity contribution in [3.8, 4) is 0 Å². The van der Waals surface area contributed by atoms with Crippen molar-refractivity contribution < 1.29 is 17.6 Å². The fraction of sp³-hybridized carbons (Fsp3) is 0.588. The molecule has 0 saturated carbocycles. The Kier molecular flexibility index (Phi) is 6.74. The van der Waals surface area contributed by atoms with Crippen LogP contribution < -0.4 is 5.32 Å². The van der Waals surface area contributed by atoms with Gasteiger partial charge in [-0.15, -0.1) is 0 Å². The van der Waals surface area contributed by atoms with Crippen LogP contribution in [-0.4, -0.2) is 56.4 Å². The molecule has 2 rings (SSSR count). The van der Waals surface area contributed by atoms with Crippen molar-refractivity contribution >= 4 is 15.7 Å². The van der Waals surface area contributed by atoms with Crippen molar-refractivity contribution in [3.63, 3.8) is 0 Å². The Morgan fingerprint density at radius 1 is 1.33 bits per heavy atom. The van der Waals surface area contributed by atoms with E-state index in [4.69, 9.17) is 0 Å². The number of nitrogens with zero attached hydrogens (tertiary/aromatic N) is 1. The lowest BCUT2D eigenvalue weighted by atomic mass is 10.1. The lowest BCUT2D eigenvalue weighted by Gasteiger charge is -2.27. The van der Waals surface area contributed by atoms with E-state index in [2.05, 4.69) is 5.32 Å². The molecule has 0 spiro atoms. The molecule has 1 aliphatic rings. The van der Waals surface area contributed by atoms with Gasteiger partial charge in [-0.05, 0) is 37.9 Å². The number of amides is 1. The zero-order chi connectivity index (χ0) is 17.6. The fourth-order valence-corrected chi connectivity index (χ4v) is 4.78. The summed E-state index contributed by atoms with van der Waals surface area (Å²) in [6, 6.07) is 6.46. The largest absolute Gasteiger partial charge is 0.339 e. The van der Waals surface area contributed by atoms with Crippen molar-refractivity contribution in [1.82, 2.24) is 10.2 Å². The van der Waals surface area contributed by atoms with Crippen LogP contribution in [-0.2, 0) is 21.1 Å². The molecule has 0 aliphatic carbocycles. The molecule has 1 unspecified atom stereocenters. The maximum Gasteiger partial charge on any atom is 0.224 e. The number of nitrogens with one attached hydrogen (secondary N) is 1. The van der Waals surface area contributed by atoms with Crippen molar-refractivity contribution in [2.75, 3.05) is 31.1 Å². The second-order valence-electron chi connectivity index (χ2n) is 6.08. The molecule has 1 aliphatic heterocycles. The van der Waals surface area contributed by atoms with E-state index in [0.717, 1.165) is 0 Å². The molecule has 1 aromatic carbocycles. The molecule has 1 aromatic rings. The maximum atomic E-state index is 13.5. The van der Waals surface area contributed by atoms with Crippen molar-refractivity contribution in [2.24, 2.45) is 0 Å². The lowest BCUT2D eigenvalue weighted by molar-refractivity contribution is -0.132. The van der Waals surface area contributed by atoms with Crippen molar-refractivity contribution in [2.45, 2.75) is 32.2 Å². The zero-order valence-corrected chi connectivity index (χ0v) is 14.8. The third kappa shape index (κ3) is 5.27. The second-order valence-corrected chi connectivity index (χ2v) is 8.31. The van der Waals surface area contributed by atoms with Gasteiger partial charge >= 0.3 is 0 Å². The maximum absolute atomic E-state index is 13.5. The van der Waals surface area contributed by atoms with E-state index in [1.807, 2.05) is 6.92 Å². The number of carbonyl (C=O) groups is 1. The number of carbonyl (C=O) groups excluding carboxylic acids is 1. The van der Waals surface area contributed by atoms with Gasteiger partial charge in [0, 0.05) is 25.6 Å². The fourth-order valence-electron chi connectivity index (χ4n) is 3.05. The van der Waals surface area contributed by atoms with Crippen LogP contribution in [0.15, 0.2) is 24.3 Å². The summed E-state index contributed by atoms with van der Waals surface area (Å²) in [4.78, 5) is 14.0. The van der Waals surface area contributed by atoms with Gasteiger partial charge in [-0.3, -0.25) is 4.79 Å². The average Bonchev–Trinajstić information content (AvgIpc) is 2.89. The van der Waals surface area contributed by atoms with Crippen LogP contribution in [0.1, 0.15) is 25.3 Å². The van der Waals surface area contributed by atoms with E-state index >= 15 is 0 Å². The van der Waals surface area contributed by atoms with Gasteiger partial charge in [-0.2, -0.15) is 0 Å². The number of halogens is 1. The lowest BCUT2D eigenvalue weighted by Crippen LogP contribution is -2.42. The van der Waals surface area contributed by atoms with Gasteiger partial charge in [0.15, 0.2) is 9.84 Å². The first-order valence-electron chi connectivity index (χ1n) is 8.37. The first-order chi connectivity index (χ1) is 11.4. The predicted octanol–water partition coefficient (Wildman–Crippen LogP) is 1.38. The van der Waals surface area contributed by atoms with Crippen molar-refractivity contribution in [1.29, 1.82) is 0 Å². The number of hydrogen-bond acceptors (Lipinski definition) is 4. The molecule has 0 aromatic heterocycles. The summed E-state index contributed by atoms with van der Waals surface area (Å²) in [6.07, 6.45) is 1.42. The molecule has 1 fully saturated rings. The molecule has 0 radical (unpaired) electrons. The van der Waals surface area contributed by atoms with Gasteiger partial charge in [0.1, 0.15) is 5.82 Å². The molecule has 1 amide bonds. The summed E-state index contributed by atoms with van der Waals surface area (Å²) < 4.78 is 36.6. The minimum absolute atomic E-state index is 0.0296. The summed E-state index contributed by atoms with van der Waals surface area (Å²) >= 11 is 0. The van der Waals surface area contributed by atoms with Crippen LogP contribution in [0.3, 0.4) is 0 Å². The molecule has 7 heteroatoms. The Bertz CT molecular complexity index is 664. The smallest absolute Gasteiger partial charge is 0.224 e. The second kappa shape index (κ2) is 8.58. The number of hydrogen-bond donors (Lipinski definition) is 1. The summed E-state index contributed by atoms with van der Waals surface area (Å²) in [5, 5.41) is 3.15. The minimum atomic E-state index is -2.99. The summed E-state index contributed by atoms with van der Waals surface area (Å²) in [5.41, 5.74) is 0.655. The van der Waals surface area contributed by atoms with Gasteiger partial charge in [0.05, 0.1) is 11.5 Å². The number of rotatable bonds is 8. The highest BCUT2D eigenvalue weighted by Crippen LogP contribution is 2.18. The third-order valence-corrected chi connectivity index (χ3v) is 6.11. The monoisotopic (exact) mass is 356 g/mol. The Balaban J connectivity index is 1.71. The van der Waals surface area contributed by atoms with Gasteiger partial charge in [-0.1, -0.05) is 18.2 Å².